The number of likely N-dealkylation sites (tertiary alicyclic amines) is 1. The molecule has 8 heteroatoms. The zero-order chi connectivity index (χ0) is 30.5. The number of para-hydroxylation sites is 1. The minimum atomic E-state index is -0.236. The highest BCUT2D eigenvalue weighted by molar-refractivity contribution is 5.94. The van der Waals surface area contributed by atoms with Crippen LogP contribution in [0.4, 0.5) is 10.5 Å². The summed E-state index contributed by atoms with van der Waals surface area (Å²) in [6.07, 6.45) is 4.04. The maximum absolute atomic E-state index is 13.4. The number of carbonyl (C=O) groups is 2. The van der Waals surface area contributed by atoms with Gasteiger partial charge in [0.1, 0.15) is 0 Å². The summed E-state index contributed by atoms with van der Waals surface area (Å²) in [7, 11) is 1.75. The van der Waals surface area contributed by atoms with E-state index in [1.807, 2.05) is 29.2 Å². The van der Waals surface area contributed by atoms with Crippen LogP contribution in [0.25, 0.3) is 22.0 Å². The lowest BCUT2D eigenvalue weighted by molar-refractivity contribution is -0.132. The van der Waals surface area contributed by atoms with Gasteiger partial charge in [0.15, 0.2) is 0 Å². The maximum Gasteiger partial charge on any atom is 0.321 e. The number of urea groups is 1. The minimum absolute atomic E-state index is 0.0467. The van der Waals surface area contributed by atoms with E-state index in [-0.39, 0.29) is 18.0 Å². The summed E-state index contributed by atoms with van der Waals surface area (Å²) < 4.78 is 7.76. The highest BCUT2D eigenvalue weighted by Crippen LogP contribution is 2.32. The van der Waals surface area contributed by atoms with Gasteiger partial charge in [0.25, 0.3) is 0 Å². The van der Waals surface area contributed by atoms with Gasteiger partial charge in [0, 0.05) is 81.7 Å². The molecule has 2 fully saturated rings. The average molecular weight is 594 g/mol. The number of aromatic nitrogens is 1. The summed E-state index contributed by atoms with van der Waals surface area (Å²) in [4.78, 5) is 29.2. The van der Waals surface area contributed by atoms with Crippen molar-refractivity contribution in [3.63, 3.8) is 0 Å². The Balaban J connectivity index is 1.05. The Morgan fingerprint density at radius 1 is 1.02 bits per heavy atom. The first-order chi connectivity index (χ1) is 21.5. The molecule has 0 aliphatic carbocycles. The molecule has 3 N–H and O–H groups in total. The first kappa shape index (κ1) is 29.9. The fourth-order valence-corrected chi connectivity index (χ4v) is 6.74. The number of aryl methyl sites for hydroxylation is 1. The fourth-order valence-electron chi connectivity index (χ4n) is 6.74. The van der Waals surface area contributed by atoms with E-state index in [1.54, 1.807) is 12.0 Å². The van der Waals surface area contributed by atoms with Crippen molar-refractivity contribution in [2.75, 3.05) is 44.8 Å². The average Bonchev–Trinajstić information content (AvgIpc) is 3.65. The number of nitrogens with one attached hydrogen (secondary N) is 1. The van der Waals surface area contributed by atoms with E-state index < -0.39 is 0 Å². The topological polar surface area (TPSA) is 92.8 Å². The van der Waals surface area contributed by atoms with E-state index in [0.29, 0.717) is 31.8 Å². The number of carbonyl (C=O) groups excluding carboxylic acids is 2. The number of nitrogens with two attached hydrogens (primary N) is 1. The van der Waals surface area contributed by atoms with Crippen molar-refractivity contribution in [3.05, 3.63) is 90.1 Å². The molecule has 3 aromatic carbocycles. The van der Waals surface area contributed by atoms with Gasteiger partial charge >= 0.3 is 6.03 Å². The normalized spacial score (nSPS) is 17.7. The number of hydrogen-bond acceptors (Lipinski definition) is 4. The van der Waals surface area contributed by atoms with E-state index in [1.165, 1.54) is 16.6 Å². The molecular formula is C36H43N5O3. The summed E-state index contributed by atoms with van der Waals surface area (Å²) in [6, 6.07) is 27.0. The summed E-state index contributed by atoms with van der Waals surface area (Å²) in [5.74, 6) is 0.459. The van der Waals surface area contributed by atoms with E-state index >= 15 is 0 Å². The van der Waals surface area contributed by atoms with Crippen molar-refractivity contribution < 1.29 is 14.3 Å². The Kier molecular flexibility index (Phi) is 9.28. The molecule has 0 radical (unpaired) electrons. The molecule has 230 valence electrons. The smallest absolute Gasteiger partial charge is 0.321 e. The monoisotopic (exact) mass is 593 g/mol. The van der Waals surface area contributed by atoms with Gasteiger partial charge in [-0.3, -0.25) is 9.69 Å². The number of methoxy groups -OCH3 is 1. The van der Waals surface area contributed by atoms with Gasteiger partial charge in [-0.1, -0.05) is 54.6 Å². The Morgan fingerprint density at radius 2 is 1.77 bits per heavy atom. The second-order valence-corrected chi connectivity index (χ2v) is 12.1. The SMILES string of the molecule is COCCCn1c(C2CCCN(C(=O)CC(N)Cc3ccc(-c4ccc(N5CCNC5=O)cc4)cc3)C2)cc2ccccc21. The summed E-state index contributed by atoms with van der Waals surface area (Å²) >= 11 is 0. The first-order valence-electron chi connectivity index (χ1n) is 15.9. The first-order valence-corrected chi connectivity index (χ1v) is 15.9. The molecule has 2 unspecified atom stereocenters. The predicted octanol–water partition coefficient (Wildman–Crippen LogP) is 5.54. The molecule has 3 amide bonds. The molecule has 0 bridgehead atoms. The molecule has 0 saturated carbocycles. The molecule has 6 rings (SSSR count). The quantitative estimate of drug-likeness (QED) is 0.223. The number of fused-ring (bicyclic) bond motifs is 1. The third kappa shape index (κ3) is 6.66. The van der Waals surface area contributed by atoms with Crippen LogP contribution in [-0.4, -0.2) is 67.3 Å². The van der Waals surface area contributed by atoms with Crippen LogP contribution in [0.3, 0.4) is 0 Å². The number of nitrogens with zero attached hydrogens (tertiary/aromatic N) is 3. The van der Waals surface area contributed by atoms with Crippen LogP contribution in [-0.2, 0) is 22.5 Å². The molecule has 2 aliphatic rings. The molecule has 2 atom stereocenters. The fraction of sp³-hybridized carbons (Fsp3) is 0.389. The van der Waals surface area contributed by atoms with Crippen LogP contribution in [0.15, 0.2) is 78.9 Å². The second kappa shape index (κ2) is 13.7. The van der Waals surface area contributed by atoms with Crippen molar-refractivity contribution >= 4 is 28.5 Å². The van der Waals surface area contributed by atoms with Crippen LogP contribution in [0, 0.1) is 0 Å². The number of benzene rings is 3. The number of rotatable bonds is 11. The lowest BCUT2D eigenvalue weighted by atomic mass is 9.93. The second-order valence-electron chi connectivity index (χ2n) is 12.1. The van der Waals surface area contributed by atoms with Gasteiger partial charge in [0.2, 0.25) is 5.91 Å². The Labute approximate surface area is 259 Å². The van der Waals surface area contributed by atoms with Crippen LogP contribution in [0.1, 0.15) is 42.9 Å². The summed E-state index contributed by atoms with van der Waals surface area (Å²) in [5.41, 5.74) is 13.3. The Morgan fingerprint density at radius 3 is 2.50 bits per heavy atom. The standard InChI is InChI=1S/C36H43N5O3/c1-44-21-5-19-41-33-8-3-2-6-29(33)23-34(41)30-7-4-18-39(25-30)35(42)24-31(37)22-26-9-11-27(12-10-26)28-13-15-32(16-14-28)40-20-17-38-36(40)43/h2-3,6,8-16,23,30-31H,4-5,7,17-22,24-25,37H2,1H3,(H,38,43). The predicted molar refractivity (Wildman–Crippen MR) is 176 cm³/mol. The van der Waals surface area contributed by atoms with Gasteiger partial charge < -0.3 is 25.3 Å². The van der Waals surface area contributed by atoms with Crippen molar-refractivity contribution in [1.82, 2.24) is 14.8 Å². The van der Waals surface area contributed by atoms with Crippen LogP contribution in [0.2, 0.25) is 0 Å². The minimum Gasteiger partial charge on any atom is -0.385 e. The molecule has 4 aromatic rings. The lowest BCUT2D eigenvalue weighted by Gasteiger charge is -2.34. The van der Waals surface area contributed by atoms with Gasteiger partial charge in [-0.15, -0.1) is 0 Å². The zero-order valence-corrected chi connectivity index (χ0v) is 25.6. The van der Waals surface area contributed by atoms with Crippen molar-refractivity contribution in [2.24, 2.45) is 5.73 Å². The zero-order valence-electron chi connectivity index (χ0n) is 25.6. The highest BCUT2D eigenvalue weighted by atomic mass is 16.5. The third-order valence-electron chi connectivity index (χ3n) is 9.02. The molecule has 3 heterocycles. The lowest BCUT2D eigenvalue weighted by Crippen LogP contribution is -2.42. The molecule has 8 nitrogen and oxygen atoms in total. The van der Waals surface area contributed by atoms with Crippen molar-refractivity contribution in [1.29, 1.82) is 0 Å². The largest absolute Gasteiger partial charge is 0.385 e. The van der Waals surface area contributed by atoms with Gasteiger partial charge in [-0.25, -0.2) is 4.79 Å². The number of hydrogen-bond donors (Lipinski definition) is 2. The van der Waals surface area contributed by atoms with Gasteiger partial charge in [-0.2, -0.15) is 0 Å². The van der Waals surface area contributed by atoms with Crippen molar-refractivity contribution in [2.45, 2.75) is 50.6 Å². The van der Waals surface area contributed by atoms with E-state index in [9.17, 15) is 9.59 Å². The van der Waals surface area contributed by atoms with E-state index in [4.69, 9.17) is 10.5 Å². The maximum atomic E-state index is 13.4. The van der Waals surface area contributed by atoms with Crippen LogP contribution in [0.5, 0.6) is 0 Å². The highest BCUT2D eigenvalue weighted by Gasteiger charge is 2.28. The van der Waals surface area contributed by atoms with Gasteiger partial charge in [-0.05, 0) is 72.0 Å². The molecule has 44 heavy (non-hydrogen) atoms. The third-order valence-corrected chi connectivity index (χ3v) is 9.02. The molecule has 0 spiro atoms. The van der Waals surface area contributed by atoms with Crippen LogP contribution < -0.4 is 16.0 Å². The molecule has 1 aromatic heterocycles. The number of anilines is 1. The van der Waals surface area contributed by atoms with E-state index in [2.05, 4.69) is 64.5 Å². The Hall–Kier alpha value is -4.14. The van der Waals surface area contributed by atoms with Gasteiger partial charge in [0.05, 0.1) is 0 Å². The van der Waals surface area contributed by atoms with Crippen LogP contribution >= 0.6 is 0 Å². The number of amides is 3. The summed E-state index contributed by atoms with van der Waals surface area (Å²) in [6.45, 7) is 4.54. The number of ether oxygens (including phenoxy) is 1. The summed E-state index contributed by atoms with van der Waals surface area (Å²) in [5, 5.41) is 4.09. The molecule has 2 saturated heterocycles. The van der Waals surface area contributed by atoms with Crippen molar-refractivity contribution in [3.8, 4) is 11.1 Å². The molecular weight excluding hydrogens is 550 g/mol. The molecule has 2 aliphatic heterocycles. The Bertz CT molecular complexity index is 1580. The van der Waals surface area contributed by atoms with E-state index in [0.717, 1.165) is 67.9 Å². The number of piperidine rings is 1.